The molecule has 1 unspecified atom stereocenters. The molecule has 2 heterocycles. The Morgan fingerprint density at radius 2 is 1.88 bits per heavy atom. The second-order valence-corrected chi connectivity index (χ2v) is 10.4. The molecule has 3 aromatic rings. The smallest absolute Gasteiger partial charge is 0.253 e. The highest BCUT2D eigenvalue weighted by atomic mass is 35.5. The van der Waals surface area contributed by atoms with Gasteiger partial charge in [-0.2, -0.15) is 15.0 Å². The number of nitrogens with zero attached hydrogens (tertiary/aromatic N) is 4. The van der Waals surface area contributed by atoms with Gasteiger partial charge in [-0.15, -0.1) is 0 Å². The summed E-state index contributed by atoms with van der Waals surface area (Å²) in [7, 11) is 0. The second-order valence-electron chi connectivity index (χ2n) is 9.52. The lowest BCUT2D eigenvalue weighted by molar-refractivity contribution is -0.168. The Morgan fingerprint density at radius 1 is 1.15 bits per heavy atom. The molecule has 2 aromatic carbocycles. The van der Waals surface area contributed by atoms with Crippen LogP contribution in [0.1, 0.15) is 44.0 Å². The van der Waals surface area contributed by atoms with Gasteiger partial charge in [0.25, 0.3) is 5.91 Å². The molecule has 1 aliphatic heterocycles. The van der Waals surface area contributed by atoms with E-state index < -0.39 is 11.1 Å². The first-order valence-electron chi connectivity index (χ1n) is 11.1. The van der Waals surface area contributed by atoms with Gasteiger partial charge in [0, 0.05) is 22.1 Å². The normalized spacial score (nSPS) is 18.0. The molecule has 0 bridgehead atoms. The first kappa shape index (κ1) is 24.2. The Hall–Kier alpha value is -2.90. The Kier molecular flexibility index (Phi) is 6.69. The maximum atomic E-state index is 13.6. The average molecular weight is 500 g/mol. The average Bonchev–Trinajstić information content (AvgIpc) is 3.21. The van der Waals surface area contributed by atoms with E-state index in [1.807, 2.05) is 57.2 Å². The minimum Gasteiger partial charge on any atom is -0.349 e. The molecular weight excluding hydrogens is 473 g/mol. The number of hydrogen-bond acceptors (Lipinski definition) is 4. The highest BCUT2D eigenvalue weighted by molar-refractivity contribution is 6.35. The van der Waals surface area contributed by atoms with Crippen molar-refractivity contribution in [1.29, 1.82) is 0 Å². The lowest BCUT2D eigenvalue weighted by Gasteiger charge is -2.50. The Balaban J connectivity index is 1.63. The van der Waals surface area contributed by atoms with Crippen LogP contribution in [0.3, 0.4) is 0 Å². The standard InChI is InChI=1S/C25H27Cl2N5O2/c1-24(2,3)29-23(34)25(21-15-28-32(30-21)16-17-7-5-4-6-8-17)14-22(33)31(25)12-11-18-9-10-19(26)13-20(18)27/h4-10,13,15H,11-12,14,16H2,1-3H3,(H,29,34). The van der Waals surface area contributed by atoms with E-state index in [-0.39, 0.29) is 18.2 Å². The molecule has 34 heavy (non-hydrogen) atoms. The van der Waals surface area contributed by atoms with Crippen molar-refractivity contribution in [1.82, 2.24) is 25.2 Å². The first-order chi connectivity index (χ1) is 16.1. The number of hydrogen-bond donors (Lipinski definition) is 1. The number of amides is 2. The fourth-order valence-electron chi connectivity index (χ4n) is 4.11. The van der Waals surface area contributed by atoms with Crippen molar-refractivity contribution < 1.29 is 9.59 Å². The van der Waals surface area contributed by atoms with Crippen molar-refractivity contribution in [2.24, 2.45) is 0 Å². The molecule has 7 nitrogen and oxygen atoms in total. The van der Waals surface area contributed by atoms with Crippen molar-refractivity contribution in [3.63, 3.8) is 0 Å². The van der Waals surface area contributed by atoms with E-state index in [2.05, 4.69) is 15.5 Å². The van der Waals surface area contributed by atoms with Gasteiger partial charge in [-0.25, -0.2) is 0 Å². The Morgan fingerprint density at radius 3 is 2.53 bits per heavy atom. The van der Waals surface area contributed by atoms with E-state index in [9.17, 15) is 9.59 Å². The van der Waals surface area contributed by atoms with Crippen LogP contribution in [0.2, 0.25) is 10.0 Å². The maximum Gasteiger partial charge on any atom is 0.253 e. The number of nitrogens with one attached hydrogen (secondary N) is 1. The van der Waals surface area contributed by atoms with Crippen molar-refractivity contribution in [3.05, 3.63) is 81.6 Å². The van der Waals surface area contributed by atoms with Crippen LogP contribution >= 0.6 is 23.2 Å². The van der Waals surface area contributed by atoms with Crippen LogP contribution in [-0.2, 0) is 28.1 Å². The summed E-state index contributed by atoms with van der Waals surface area (Å²) in [6.45, 7) is 6.49. The predicted molar refractivity (Wildman–Crippen MR) is 132 cm³/mol. The monoisotopic (exact) mass is 499 g/mol. The zero-order chi connectivity index (χ0) is 24.5. The number of carbonyl (C=O) groups is 2. The van der Waals surface area contributed by atoms with Gasteiger partial charge in [0.1, 0.15) is 5.69 Å². The van der Waals surface area contributed by atoms with E-state index in [0.29, 0.717) is 35.2 Å². The fraction of sp³-hybridized carbons (Fsp3) is 0.360. The van der Waals surface area contributed by atoms with Gasteiger partial charge < -0.3 is 10.2 Å². The van der Waals surface area contributed by atoms with Crippen LogP contribution in [0.15, 0.2) is 54.7 Å². The number of halogens is 2. The SMILES string of the molecule is CC(C)(C)NC(=O)C1(c2cnn(Cc3ccccc3)n2)CC(=O)N1CCc1ccc(Cl)cc1Cl. The molecule has 0 aliphatic carbocycles. The van der Waals surface area contributed by atoms with E-state index >= 15 is 0 Å². The number of carbonyl (C=O) groups excluding carboxylic acids is 2. The molecule has 9 heteroatoms. The molecule has 0 saturated carbocycles. The van der Waals surface area contributed by atoms with Gasteiger partial charge in [-0.3, -0.25) is 9.59 Å². The van der Waals surface area contributed by atoms with E-state index in [4.69, 9.17) is 23.2 Å². The van der Waals surface area contributed by atoms with Crippen LogP contribution < -0.4 is 5.32 Å². The van der Waals surface area contributed by atoms with Crippen molar-refractivity contribution >= 4 is 35.0 Å². The van der Waals surface area contributed by atoms with Crippen LogP contribution in [0.5, 0.6) is 0 Å². The summed E-state index contributed by atoms with van der Waals surface area (Å²) >= 11 is 12.3. The van der Waals surface area contributed by atoms with Crippen LogP contribution in [0, 0.1) is 0 Å². The Bertz CT molecular complexity index is 1210. The highest BCUT2D eigenvalue weighted by Gasteiger charge is 2.59. The predicted octanol–water partition coefficient (Wildman–Crippen LogP) is 4.22. The molecule has 1 aromatic heterocycles. The zero-order valence-electron chi connectivity index (χ0n) is 19.4. The number of likely N-dealkylation sites (tertiary alicyclic amines) is 1. The van der Waals surface area contributed by atoms with Crippen LogP contribution in [0.25, 0.3) is 0 Å². The number of aromatic nitrogens is 3. The summed E-state index contributed by atoms with van der Waals surface area (Å²) in [6.07, 6.45) is 2.09. The first-order valence-corrected chi connectivity index (χ1v) is 11.9. The van der Waals surface area contributed by atoms with E-state index in [1.54, 1.807) is 28.0 Å². The summed E-state index contributed by atoms with van der Waals surface area (Å²) in [6, 6.07) is 15.1. The number of β-lactam (4-membered cyclic amide) rings is 1. The molecule has 178 valence electrons. The molecular formula is C25H27Cl2N5O2. The summed E-state index contributed by atoms with van der Waals surface area (Å²) in [5.74, 6) is -0.389. The zero-order valence-corrected chi connectivity index (χ0v) is 20.9. The molecule has 1 saturated heterocycles. The number of rotatable bonds is 7. The summed E-state index contributed by atoms with van der Waals surface area (Å²) in [5, 5.41) is 13.1. The third kappa shape index (κ3) is 4.95. The number of benzene rings is 2. The summed E-state index contributed by atoms with van der Waals surface area (Å²) < 4.78 is 0. The van der Waals surface area contributed by atoms with Gasteiger partial charge in [-0.05, 0) is 50.5 Å². The molecule has 1 N–H and O–H groups in total. The van der Waals surface area contributed by atoms with Crippen molar-refractivity contribution in [2.45, 2.75) is 51.2 Å². The van der Waals surface area contributed by atoms with Gasteiger partial charge in [0.05, 0.1) is 19.2 Å². The quantitative estimate of drug-likeness (QED) is 0.493. The lowest BCUT2D eigenvalue weighted by Crippen LogP contribution is -2.69. The van der Waals surface area contributed by atoms with Crippen molar-refractivity contribution in [3.8, 4) is 0 Å². The van der Waals surface area contributed by atoms with Gasteiger partial charge in [-0.1, -0.05) is 59.6 Å². The lowest BCUT2D eigenvalue weighted by atomic mass is 9.79. The van der Waals surface area contributed by atoms with E-state index in [0.717, 1.165) is 11.1 Å². The third-order valence-electron chi connectivity index (χ3n) is 5.78. The fourth-order valence-corrected chi connectivity index (χ4v) is 4.61. The molecule has 1 fully saturated rings. The van der Waals surface area contributed by atoms with Crippen molar-refractivity contribution in [2.75, 3.05) is 6.54 Å². The molecule has 0 radical (unpaired) electrons. The Labute approximate surface area is 209 Å². The molecule has 4 rings (SSSR count). The van der Waals surface area contributed by atoms with Gasteiger partial charge in [0.15, 0.2) is 5.54 Å². The highest BCUT2D eigenvalue weighted by Crippen LogP contribution is 2.41. The molecule has 1 aliphatic rings. The van der Waals surface area contributed by atoms with Crippen LogP contribution in [0.4, 0.5) is 0 Å². The summed E-state index contributed by atoms with van der Waals surface area (Å²) in [5.41, 5.74) is 0.638. The summed E-state index contributed by atoms with van der Waals surface area (Å²) in [4.78, 5) is 29.5. The van der Waals surface area contributed by atoms with Gasteiger partial charge >= 0.3 is 0 Å². The largest absolute Gasteiger partial charge is 0.349 e. The minimum atomic E-state index is -1.22. The molecule has 0 spiro atoms. The second kappa shape index (κ2) is 9.39. The molecule has 1 atom stereocenters. The van der Waals surface area contributed by atoms with E-state index in [1.165, 1.54) is 0 Å². The maximum absolute atomic E-state index is 13.6. The van der Waals surface area contributed by atoms with Crippen LogP contribution in [-0.4, -0.2) is 43.8 Å². The minimum absolute atomic E-state index is 0.0350. The topological polar surface area (TPSA) is 80.1 Å². The molecule has 2 amide bonds. The van der Waals surface area contributed by atoms with Gasteiger partial charge in [0.2, 0.25) is 5.91 Å². The third-order valence-corrected chi connectivity index (χ3v) is 6.37.